The maximum atomic E-state index is 13.7. The molecule has 0 unspecified atom stereocenters. The van der Waals surface area contributed by atoms with Crippen LogP contribution >= 0.6 is 23.1 Å². The van der Waals surface area contributed by atoms with Crippen molar-refractivity contribution in [1.82, 2.24) is 9.55 Å². The van der Waals surface area contributed by atoms with E-state index >= 15 is 0 Å². The third-order valence-electron chi connectivity index (χ3n) is 4.42. The molecule has 0 atom stereocenters. The van der Waals surface area contributed by atoms with Gasteiger partial charge in [0, 0.05) is 10.9 Å². The molecule has 0 aliphatic rings. The van der Waals surface area contributed by atoms with Crippen LogP contribution in [0.3, 0.4) is 0 Å². The highest BCUT2D eigenvalue weighted by Gasteiger charge is 2.21. The first-order valence-corrected chi connectivity index (χ1v) is 11.7. The van der Waals surface area contributed by atoms with Gasteiger partial charge < -0.3 is 4.74 Å². The Labute approximate surface area is 188 Å². The number of thiophene rings is 1. The molecule has 0 aliphatic heterocycles. The Morgan fingerprint density at radius 1 is 1.06 bits per heavy atom. The summed E-state index contributed by atoms with van der Waals surface area (Å²) in [5, 5.41) is 3.02. The van der Waals surface area contributed by atoms with Crippen molar-refractivity contribution in [1.29, 1.82) is 0 Å². The Hall–Kier alpha value is -2.90. The molecular weight excluding hydrogens is 428 g/mol. The minimum absolute atomic E-state index is 0.0684. The zero-order valence-corrected chi connectivity index (χ0v) is 19.1. The van der Waals surface area contributed by atoms with Gasteiger partial charge in [-0.25, -0.2) is 4.98 Å². The highest BCUT2D eigenvalue weighted by molar-refractivity contribution is 7.99. The molecule has 4 rings (SSSR count). The zero-order chi connectivity index (χ0) is 22.0. The van der Waals surface area contributed by atoms with Gasteiger partial charge in [-0.2, -0.15) is 0 Å². The van der Waals surface area contributed by atoms with Gasteiger partial charge in [0.25, 0.3) is 5.56 Å². The van der Waals surface area contributed by atoms with E-state index in [-0.39, 0.29) is 17.3 Å². The minimum atomic E-state index is -0.563. The van der Waals surface area contributed by atoms with Crippen LogP contribution in [-0.4, -0.2) is 26.9 Å². The van der Waals surface area contributed by atoms with Gasteiger partial charge in [0.1, 0.15) is 10.4 Å². The Bertz CT molecular complexity index is 1270. The van der Waals surface area contributed by atoms with Crippen molar-refractivity contribution in [3.05, 3.63) is 76.4 Å². The second-order valence-electron chi connectivity index (χ2n) is 7.94. The average molecular weight is 451 g/mol. The number of ether oxygens (including phenoxy) is 1. The van der Waals surface area contributed by atoms with Gasteiger partial charge in [0.05, 0.1) is 16.8 Å². The summed E-state index contributed by atoms with van der Waals surface area (Å²) in [6.07, 6.45) is 0. The number of nitrogens with zero attached hydrogens (tertiary/aromatic N) is 2. The smallest absolute Gasteiger partial charge is 0.316 e. The number of rotatable bonds is 5. The maximum Gasteiger partial charge on any atom is 0.316 e. The van der Waals surface area contributed by atoms with Crippen molar-refractivity contribution in [2.75, 3.05) is 5.75 Å². The van der Waals surface area contributed by atoms with Crippen LogP contribution in [0.1, 0.15) is 20.8 Å². The SMILES string of the molecule is CC(C)(C)OC(=O)CSc1nc2scc(-c3ccccc3)c2c(=O)n1-c1ccccc1. The normalized spacial score (nSPS) is 11.6. The number of benzene rings is 2. The standard InChI is InChI=1S/C24H22N2O3S2/c1-24(2,3)29-19(27)15-31-23-25-21-20(18(14-30-21)16-10-6-4-7-11-16)22(28)26(23)17-12-8-5-9-13-17/h4-14H,15H2,1-3H3. The molecule has 158 valence electrons. The lowest BCUT2D eigenvalue weighted by atomic mass is 10.1. The number of fused-ring (bicyclic) bond motifs is 1. The van der Waals surface area contributed by atoms with Crippen LogP contribution in [0, 0.1) is 0 Å². The van der Waals surface area contributed by atoms with Gasteiger partial charge >= 0.3 is 5.97 Å². The highest BCUT2D eigenvalue weighted by Crippen LogP contribution is 2.33. The average Bonchev–Trinajstić information content (AvgIpc) is 3.17. The second kappa shape index (κ2) is 8.69. The van der Waals surface area contributed by atoms with Crippen LogP contribution in [0.2, 0.25) is 0 Å². The summed E-state index contributed by atoms with van der Waals surface area (Å²) in [5.74, 6) is -0.276. The lowest BCUT2D eigenvalue weighted by Crippen LogP contribution is -2.26. The molecule has 2 heterocycles. The van der Waals surface area contributed by atoms with Crippen LogP contribution in [0.5, 0.6) is 0 Å². The number of hydrogen-bond donors (Lipinski definition) is 0. The predicted octanol–water partition coefficient (Wildman–Crippen LogP) is 5.55. The van der Waals surface area contributed by atoms with E-state index in [2.05, 4.69) is 0 Å². The Balaban J connectivity index is 1.83. The number of para-hydroxylation sites is 1. The fraction of sp³-hybridized carbons (Fsp3) is 0.208. The Kier molecular flexibility index (Phi) is 5.98. The van der Waals surface area contributed by atoms with Crippen molar-refractivity contribution in [3.63, 3.8) is 0 Å². The van der Waals surface area contributed by atoms with E-state index < -0.39 is 5.60 Å². The molecule has 4 aromatic rings. The zero-order valence-electron chi connectivity index (χ0n) is 17.5. The molecule has 2 aromatic carbocycles. The number of aromatic nitrogens is 2. The van der Waals surface area contributed by atoms with Crippen molar-refractivity contribution >= 4 is 39.3 Å². The Morgan fingerprint density at radius 3 is 2.35 bits per heavy atom. The van der Waals surface area contributed by atoms with Gasteiger partial charge in [-0.1, -0.05) is 60.3 Å². The summed E-state index contributed by atoms with van der Waals surface area (Å²) in [7, 11) is 0. The fourth-order valence-electron chi connectivity index (χ4n) is 3.20. The van der Waals surface area contributed by atoms with Gasteiger partial charge in [-0.3, -0.25) is 14.2 Å². The van der Waals surface area contributed by atoms with Crippen LogP contribution in [-0.2, 0) is 9.53 Å². The first kappa shape index (κ1) is 21.3. The minimum Gasteiger partial charge on any atom is -0.459 e. The summed E-state index contributed by atoms with van der Waals surface area (Å²) in [6, 6.07) is 19.2. The van der Waals surface area contributed by atoms with Crippen molar-refractivity contribution in [3.8, 4) is 16.8 Å². The summed E-state index contributed by atoms with van der Waals surface area (Å²) in [4.78, 5) is 31.4. The molecule has 2 aromatic heterocycles. The van der Waals surface area contributed by atoms with E-state index in [9.17, 15) is 9.59 Å². The predicted molar refractivity (Wildman–Crippen MR) is 127 cm³/mol. The van der Waals surface area contributed by atoms with E-state index in [0.29, 0.717) is 21.1 Å². The molecule has 0 fully saturated rings. The molecule has 0 bridgehead atoms. The molecule has 0 saturated heterocycles. The quantitative estimate of drug-likeness (QED) is 0.227. The fourth-order valence-corrected chi connectivity index (χ4v) is 4.97. The highest BCUT2D eigenvalue weighted by atomic mass is 32.2. The van der Waals surface area contributed by atoms with Gasteiger partial charge in [-0.15, -0.1) is 11.3 Å². The number of esters is 1. The summed E-state index contributed by atoms with van der Waals surface area (Å²) >= 11 is 2.64. The van der Waals surface area contributed by atoms with E-state index in [4.69, 9.17) is 9.72 Å². The van der Waals surface area contributed by atoms with Gasteiger partial charge in [0.15, 0.2) is 5.16 Å². The number of carbonyl (C=O) groups is 1. The van der Waals surface area contributed by atoms with Crippen LogP contribution < -0.4 is 5.56 Å². The summed E-state index contributed by atoms with van der Waals surface area (Å²) < 4.78 is 6.99. The molecule has 0 N–H and O–H groups in total. The molecule has 0 aliphatic carbocycles. The third kappa shape index (κ3) is 4.73. The van der Waals surface area contributed by atoms with Crippen molar-refractivity contribution < 1.29 is 9.53 Å². The third-order valence-corrected chi connectivity index (χ3v) is 6.20. The monoisotopic (exact) mass is 450 g/mol. The molecule has 0 spiro atoms. The number of hydrogen-bond acceptors (Lipinski definition) is 6. The molecule has 0 saturated carbocycles. The van der Waals surface area contributed by atoms with Crippen molar-refractivity contribution in [2.45, 2.75) is 31.5 Å². The lowest BCUT2D eigenvalue weighted by molar-refractivity contribution is -0.151. The first-order valence-electron chi connectivity index (χ1n) is 9.83. The molecule has 5 nitrogen and oxygen atoms in total. The number of thioether (sulfide) groups is 1. The van der Waals surface area contributed by atoms with Gasteiger partial charge in [-0.05, 0) is 38.5 Å². The molecule has 7 heteroatoms. The van der Waals surface area contributed by atoms with Crippen LogP contribution in [0.25, 0.3) is 27.0 Å². The topological polar surface area (TPSA) is 61.2 Å². The molecule has 0 amide bonds. The van der Waals surface area contributed by atoms with Crippen molar-refractivity contribution in [2.24, 2.45) is 0 Å². The maximum absolute atomic E-state index is 13.7. The van der Waals surface area contributed by atoms with Crippen LogP contribution in [0.4, 0.5) is 0 Å². The summed E-state index contributed by atoms with van der Waals surface area (Å²) in [6.45, 7) is 5.49. The van der Waals surface area contributed by atoms with E-state index in [1.165, 1.54) is 23.1 Å². The molecule has 0 radical (unpaired) electrons. The largest absolute Gasteiger partial charge is 0.459 e. The van der Waals surface area contributed by atoms with Gasteiger partial charge in [0.2, 0.25) is 0 Å². The summed E-state index contributed by atoms with van der Waals surface area (Å²) in [5.41, 5.74) is 1.83. The Morgan fingerprint density at radius 2 is 1.71 bits per heavy atom. The number of carbonyl (C=O) groups excluding carboxylic acids is 1. The first-order chi connectivity index (χ1) is 14.8. The lowest BCUT2D eigenvalue weighted by Gasteiger charge is -2.19. The molecule has 31 heavy (non-hydrogen) atoms. The molecular formula is C24H22N2O3S2. The second-order valence-corrected chi connectivity index (χ2v) is 9.74. The van der Waals surface area contributed by atoms with E-state index in [1.54, 1.807) is 4.57 Å². The van der Waals surface area contributed by atoms with Crippen LogP contribution in [0.15, 0.2) is 76.0 Å². The van der Waals surface area contributed by atoms with E-state index in [0.717, 1.165) is 11.1 Å². The van der Waals surface area contributed by atoms with E-state index in [1.807, 2.05) is 86.8 Å².